The lowest BCUT2D eigenvalue weighted by molar-refractivity contribution is -0.130. The van der Waals surface area contributed by atoms with Crippen molar-refractivity contribution in [2.45, 2.75) is 31.7 Å². The van der Waals surface area contributed by atoms with E-state index in [1.807, 2.05) is 4.90 Å². The largest absolute Gasteiger partial charge is 0.353 e. The van der Waals surface area contributed by atoms with E-state index in [1.54, 1.807) is 7.05 Å². The summed E-state index contributed by atoms with van der Waals surface area (Å²) >= 11 is 0. The smallest absolute Gasteiger partial charge is 0.241 e. The third-order valence-corrected chi connectivity index (χ3v) is 5.68. The number of likely N-dealkylation sites (tertiary alicyclic amines) is 1. The molecule has 2 fully saturated rings. The standard InChI is InChI=1S/C13H24N4O3S.HI/c1-14-13(16-11-5-8-21(19,20)10-11)15-9-12(18)17-6-3-2-4-7-17;/h11H,2-10H2,1H3,(H2,14,15,16);1H. The molecule has 7 nitrogen and oxygen atoms in total. The minimum absolute atomic E-state index is 0. The Balaban J connectivity index is 0.00000242. The van der Waals surface area contributed by atoms with Gasteiger partial charge in [-0.1, -0.05) is 0 Å². The molecule has 0 bridgehead atoms. The summed E-state index contributed by atoms with van der Waals surface area (Å²) in [4.78, 5) is 18.0. The number of piperidine rings is 1. The minimum atomic E-state index is -2.92. The second-order valence-corrected chi connectivity index (χ2v) is 7.84. The van der Waals surface area contributed by atoms with E-state index in [4.69, 9.17) is 0 Å². The third-order valence-electron chi connectivity index (χ3n) is 3.91. The number of carbonyl (C=O) groups is 1. The molecule has 0 saturated carbocycles. The highest BCUT2D eigenvalue weighted by Crippen LogP contribution is 2.11. The van der Waals surface area contributed by atoms with Crippen molar-refractivity contribution in [2.75, 3.05) is 38.2 Å². The van der Waals surface area contributed by atoms with Crippen molar-refractivity contribution in [3.8, 4) is 0 Å². The molecule has 1 unspecified atom stereocenters. The monoisotopic (exact) mass is 444 g/mol. The van der Waals surface area contributed by atoms with Crippen molar-refractivity contribution in [1.82, 2.24) is 15.5 Å². The van der Waals surface area contributed by atoms with E-state index in [9.17, 15) is 13.2 Å². The van der Waals surface area contributed by atoms with Gasteiger partial charge in [0.2, 0.25) is 5.91 Å². The topological polar surface area (TPSA) is 90.9 Å². The van der Waals surface area contributed by atoms with Gasteiger partial charge in [0.05, 0.1) is 18.1 Å². The van der Waals surface area contributed by atoms with E-state index in [2.05, 4.69) is 15.6 Å². The maximum absolute atomic E-state index is 12.0. The predicted octanol–water partition coefficient (Wildman–Crippen LogP) is -0.0310. The van der Waals surface area contributed by atoms with Crippen LogP contribution in [-0.4, -0.2) is 69.4 Å². The van der Waals surface area contributed by atoms with Gasteiger partial charge in [0.15, 0.2) is 15.8 Å². The predicted molar refractivity (Wildman–Crippen MR) is 97.4 cm³/mol. The zero-order valence-corrected chi connectivity index (χ0v) is 16.0. The highest BCUT2D eigenvalue weighted by molar-refractivity contribution is 14.0. The van der Waals surface area contributed by atoms with Gasteiger partial charge < -0.3 is 15.5 Å². The SMILES string of the molecule is CN=C(NCC(=O)N1CCCCC1)NC1CCS(=O)(=O)C1.I. The molecular weight excluding hydrogens is 419 g/mol. The molecule has 2 aliphatic heterocycles. The molecule has 1 atom stereocenters. The van der Waals surface area contributed by atoms with E-state index in [0.29, 0.717) is 12.4 Å². The van der Waals surface area contributed by atoms with Gasteiger partial charge in [-0.15, -0.1) is 24.0 Å². The number of aliphatic imine (C=N–C) groups is 1. The highest BCUT2D eigenvalue weighted by atomic mass is 127. The fourth-order valence-electron chi connectivity index (χ4n) is 2.71. The fraction of sp³-hybridized carbons (Fsp3) is 0.846. The Kier molecular flexibility index (Phi) is 7.87. The Morgan fingerprint density at radius 3 is 2.50 bits per heavy atom. The lowest BCUT2D eigenvalue weighted by Gasteiger charge is -2.27. The van der Waals surface area contributed by atoms with E-state index < -0.39 is 9.84 Å². The molecule has 9 heteroatoms. The van der Waals surface area contributed by atoms with Crippen LogP contribution in [0.25, 0.3) is 0 Å². The second kappa shape index (κ2) is 8.90. The Labute approximate surface area is 149 Å². The number of sulfone groups is 1. The summed E-state index contributed by atoms with van der Waals surface area (Å²) in [5, 5.41) is 6.04. The molecule has 0 aromatic heterocycles. The number of carbonyl (C=O) groups excluding carboxylic acids is 1. The molecule has 0 spiro atoms. The third kappa shape index (κ3) is 5.90. The summed E-state index contributed by atoms with van der Waals surface area (Å²) in [5.41, 5.74) is 0. The van der Waals surface area contributed by atoms with Crippen molar-refractivity contribution in [1.29, 1.82) is 0 Å². The molecule has 2 heterocycles. The second-order valence-electron chi connectivity index (χ2n) is 5.61. The first-order valence-corrected chi connectivity index (χ1v) is 9.28. The summed E-state index contributed by atoms with van der Waals surface area (Å²) in [6, 6.07) is -0.119. The average molecular weight is 444 g/mol. The van der Waals surface area contributed by atoms with Crippen LogP contribution in [0.4, 0.5) is 0 Å². The average Bonchev–Trinajstić information content (AvgIpc) is 2.83. The van der Waals surface area contributed by atoms with Crippen LogP contribution in [0.15, 0.2) is 4.99 Å². The minimum Gasteiger partial charge on any atom is -0.353 e. The molecule has 0 radical (unpaired) electrons. The van der Waals surface area contributed by atoms with Crippen LogP contribution in [0.1, 0.15) is 25.7 Å². The number of amides is 1. The molecule has 2 N–H and O–H groups in total. The van der Waals surface area contributed by atoms with Crippen molar-refractivity contribution < 1.29 is 13.2 Å². The van der Waals surface area contributed by atoms with Crippen LogP contribution in [0, 0.1) is 0 Å². The Hall–Kier alpha value is -0.580. The molecule has 2 saturated heterocycles. The zero-order valence-electron chi connectivity index (χ0n) is 12.9. The molecule has 128 valence electrons. The van der Waals surface area contributed by atoms with Gasteiger partial charge in [-0.05, 0) is 25.7 Å². The van der Waals surface area contributed by atoms with Crippen molar-refractivity contribution in [2.24, 2.45) is 4.99 Å². The summed E-state index contributed by atoms with van der Waals surface area (Å²) in [5.74, 6) is 0.904. The van der Waals surface area contributed by atoms with Crippen molar-refractivity contribution in [3.63, 3.8) is 0 Å². The van der Waals surface area contributed by atoms with Crippen molar-refractivity contribution in [3.05, 3.63) is 0 Å². The van der Waals surface area contributed by atoms with E-state index in [0.717, 1.165) is 25.9 Å². The number of hydrogen-bond acceptors (Lipinski definition) is 4. The maximum atomic E-state index is 12.0. The van der Waals surface area contributed by atoms with Crippen LogP contribution >= 0.6 is 24.0 Å². The number of guanidine groups is 1. The van der Waals surface area contributed by atoms with Gasteiger partial charge in [0.1, 0.15) is 0 Å². The molecular formula is C13H25IN4O3S. The zero-order chi connectivity index (χ0) is 15.3. The van der Waals surface area contributed by atoms with Gasteiger partial charge in [0, 0.05) is 26.2 Å². The van der Waals surface area contributed by atoms with Gasteiger partial charge in [-0.25, -0.2) is 8.42 Å². The number of nitrogens with zero attached hydrogens (tertiary/aromatic N) is 2. The normalized spacial score (nSPS) is 24.5. The molecule has 0 aliphatic carbocycles. The fourth-order valence-corrected chi connectivity index (χ4v) is 4.38. The van der Waals surface area contributed by atoms with Crippen LogP contribution < -0.4 is 10.6 Å². The van der Waals surface area contributed by atoms with Gasteiger partial charge >= 0.3 is 0 Å². The molecule has 0 aromatic rings. The van der Waals surface area contributed by atoms with Crippen LogP contribution in [0.5, 0.6) is 0 Å². The summed E-state index contributed by atoms with van der Waals surface area (Å²) in [6.45, 7) is 1.85. The summed E-state index contributed by atoms with van der Waals surface area (Å²) in [6.07, 6.45) is 3.91. The lowest BCUT2D eigenvalue weighted by atomic mass is 10.1. The van der Waals surface area contributed by atoms with Crippen LogP contribution in [-0.2, 0) is 14.6 Å². The maximum Gasteiger partial charge on any atom is 0.241 e. The van der Waals surface area contributed by atoms with Gasteiger partial charge in [0.25, 0.3) is 0 Å². The number of rotatable bonds is 3. The number of nitrogens with one attached hydrogen (secondary N) is 2. The quantitative estimate of drug-likeness (QED) is 0.363. The van der Waals surface area contributed by atoms with Gasteiger partial charge in [-0.3, -0.25) is 9.79 Å². The Morgan fingerprint density at radius 2 is 1.95 bits per heavy atom. The van der Waals surface area contributed by atoms with Crippen LogP contribution in [0.3, 0.4) is 0 Å². The Bertz CT molecular complexity index is 503. The molecule has 2 rings (SSSR count). The highest BCUT2D eigenvalue weighted by Gasteiger charge is 2.28. The first-order valence-electron chi connectivity index (χ1n) is 7.45. The van der Waals surface area contributed by atoms with Crippen molar-refractivity contribution >= 4 is 45.7 Å². The molecule has 2 aliphatic rings. The first kappa shape index (κ1) is 19.5. The molecule has 22 heavy (non-hydrogen) atoms. The van der Waals surface area contributed by atoms with Gasteiger partial charge in [-0.2, -0.15) is 0 Å². The van der Waals surface area contributed by atoms with E-state index in [1.165, 1.54) is 6.42 Å². The Morgan fingerprint density at radius 1 is 1.27 bits per heavy atom. The summed E-state index contributed by atoms with van der Waals surface area (Å²) < 4.78 is 22.8. The van der Waals surface area contributed by atoms with E-state index >= 15 is 0 Å². The number of halogens is 1. The van der Waals surface area contributed by atoms with E-state index in [-0.39, 0.29) is 54.0 Å². The first-order chi connectivity index (χ1) is 10.00. The van der Waals surface area contributed by atoms with Crippen LogP contribution in [0.2, 0.25) is 0 Å². The molecule has 1 amide bonds. The summed E-state index contributed by atoms with van der Waals surface area (Å²) in [7, 11) is -1.30. The lowest BCUT2D eigenvalue weighted by Crippen LogP contribution is -2.48. The number of hydrogen-bond donors (Lipinski definition) is 2. The molecule has 0 aromatic carbocycles.